The van der Waals surface area contributed by atoms with Crippen molar-refractivity contribution in [1.82, 2.24) is 0 Å². The predicted molar refractivity (Wildman–Crippen MR) is 255 cm³/mol. The first kappa shape index (κ1) is 32.0. The normalized spacial score (nSPS) is 12.3. The number of fused-ring (bicyclic) bond motifs is 12. The minimum absolute atomic E-state index is 1.26. The lowest BCUT2D eigenvalue weighted by atomic mass is 9.99. The van der Waals surface area contributed by atoms with Gasteiger partial charge in [-0.05, 0) is 80.5 Å². The Kier molecular flexibility index (Phi) is 6.94. The summed E-state index contributed by atoms with van der Waals surface area (Å²) >= 11 is 11.4. The van der Waals surface area contributed by atoms with Crippen LogP contribution in [0.1, 0.15) is 0 Å². The van der Waals surface area contributed by atoms with Crippen molar-refractivity contribution in [1.29, 1.82) is 0 Å². The molecule has 13 aromatic rings. The molecule has 0 radical (unpaired) electrons. The quantitative estimate of drug-likeness (QED) is 0.166. The molecule has 7 aromatic carbocycles. The van der Waals surface area contributed by atoms with Crippen molar-refractivity contribution < 1.29 is 0 Å². The molecule has 0 fully saturated rings. The second-order valence-electron chi connectivity index (χ2n) is 14.4. The number of benzene rings is 7. The molecule has 0 bridgehead atoms. The van der Waals surface area contributed by atoms with Gasteiger partial charge >= 0.3 is 0 Å². The summed E-state index contributed by atoms with van der Waals surface area (Å²) in [6, 6.07) is 54.7. The van der Waals surface area contributed by atoms with Crippen LogP contribution in [0.2, 0.25) is 0 Å². The van der Waals surface area contributed by atoms with Crippen LogP contribution in [0.3, 0.4) is 0 Å². The monoisotopic (exact) mass is 818 g/mol. The Morgan fingerprint density at radius 1 is 0.250 bits per heavy atom. The highest BCUT2D eigenvalue weighted by Crippen LogP contribution is 2.51. The van der Waals surface area contributed by atoms with Crippen molar-refractivity contribution in [2.45, 2.75) is 0 Å². The van der Waals surface area contributed by atoms with Gasteiger partial charge in [-0.15, -0.1) is 68.0 Å². The molecule has 0 N–H and O–H groups in total. The molecule has 0 atom stereocenters. The van der Waals surface area contributed by atoms with Gasteiger partial charge in [0, 0.05) is 71.6 Å². The van der Waals surface area contributed by atoms with Crippen LogP contribution in [0.4, 0.5) is 0 Å². The van der Waals surface area contributed by atoms with Gasteiger partial charge in [0.25, 0.3) is 0 Å². The molecule has 6 heterocycles. The molecule has 0 spiro atoms. The van der Waals surface area contributed by atoms with Gasteiger partial charge in [-0.2, -0.15) is 0 Å². The highest BCUT2D eigenvalue weighted by molar-refractivity contribution is 7.38. The summed E-state index contributed by atoms with van der Waals surface area (Å²) in [6.45, 7) is 0. The van der Waals surface area contributed by atoms with Crippen LogP contribution in [0, 0.1) is 0 Å². The van der Waals surface area contributed by atoms with E-state index in [1.165, 1.54) is 124 Å². The number of hydrogen-bond acceptors (Lipinski definition) is 6. The Labute approximate surface area is 345 Å². The summed E-state index contributed by atoms with van der Waals surface area (Å²) < 4.78 is 13.8. The van der Waals surface area contributed by atoms with Gasteiger partial charge < -0.3 is 0 Å². The maximum Gasteiger partial charge on any atom is 0.0542 e. The Balaban J connectivity index is 0.835. The van der Waals surface area contributed by atoms with E-state index in [0.29, 0.717) is 0 Å². The standard InChI is InChI=1S/C50H26S6/c1-3-7-41-33(5-1)39(25-51-41)29-13-9-27(10-14-29)31-17-19-35-43(21-31)53-49-37-23-46-38(24-45(37)55-47(35)49)50-48(56-46)36-20-18-32(22-44(36)54-50)28-11-15-30(16-12-28)40-26-52-42-8-4-2-6-34(40)42/h1-26H. The van der Waals surface area contributed by atoms with Gasteiger partial charge in [-0.25, -0.2) is 0 Å². The van der Waals surface area contributed by atoms with Gasteiger partial charge in [-0.3, -0.25) is 0 Å². The lowest BCUT2D eigenvalue weighted by molar-refractivity contribution is 1.64. The molecular weight excluding hydrogens is 793 g/mol. The molecule has 56 heavy (non-hydrogen) atoms. The maximum absolute atomic E-state index is 2.47. The smallest absolute Gasteiger partial charge is 0.0542 e. The van der Waals surface area contributed by atoms with Gasteiger partial charge in [0.2, 0.25) is 0 Å². The van der Waals surface area contributed by atoms with E-state index in [2.05, 4.69) is 156 Å². The fraction of sp³-hybridized carbons (Fsp3) is 0. The van der Waals surface area contributed by atoms with Gasteiger partial charge in [0.1, 0.15) is 0 Å². The van der Waals surface area contributed by atoms with Gasteiger partial charge in [0.15, 0.2) is 0 Å². The summed E-state index contributed by atoms with van der Waals surface area (Å²) in [7, 11) is 0. The van der Waals surface area contributed by atoms with E-state index in [4.69, 9.17) is 0 Å². The van der Waals surface area contributed by atoms with Crippen LogP contribution >= 0.6 is 68.0 Å². The summed E-state index contributed by atoms with van der Waals surface area (Å²) in [5.74, 6) is 0. The average molecular weight is 819 g/mol. The van der Waals surface area contributed by atoms with Gasteiger partial charge in [-0.1, -0.05) is 109 Å². The van der Waals surface area contributed by atoms with E-state index in [9.17, 15) is 0 Å². The number of rotatable bonds is 4. The fourth-order valence-corrected chi connectivity index (χ4v) is 15.8. The minimum Gasteiger partial charge on any atom is -0.143 e. The molecule has 13 rings (SSSR count). The molecule has 0 saturated heterocycles. The second kappa shape index (κ2) is 12.2. The Morgan fingerprint density at radius 2 is 0.607 bits per heavy atom. The topological polar surface area (TPSA) is 0 Å². The average Bonchev–Trinajstić information content (AvgIpc) is 4.10. The summed E-state index contributed by atoms with van der Waals surface area (Å²) in [4.78, 5) is 0. The van der Waals surface area contributed by atoms with Crippen molar-refractivity contribution in [3.63, 3.8) is 0 Å². The molecule has 6 heteroatoms. The van der Waals surface area contributed by atoms with Crippen LogP contribution in [-0.4, -0.2) is 0 Å². The number of hydrogen-bond donors (Lipinski definition) is 0. The van der Waals surface area contributed by atoms with Crippen molar-refractivity contribution in [3.05, 3.63) is 156 Å². The molecule has 0 unspecified atom stereocenters. The highest BCUT2D eigenvalue weighted by Gasteiger charge is 2.18. The molecule has 6 aromatic heterocycles. The summed E-state index contributed by atoms with van der Waals surface area (Å²) in [5.41, 5.74) is 10.3. The van der Waals surface area contributed by atoms with E-state index in [1.54, 1.807) is 0 Å². The third kappa shape index (κ3) is 4.78. The molecule has 262 valence electrons. The van der Waals surface area contributed by atoms with Gasteiger partial charge in [0.05, 0.1) is 18.8 Å². The lowest BCUT2D eigenvalue weighted by Crippen LogP contribution is -1.79. The van der Waals surface area contributed by atoms with E-state index >= 15 is 0 Å². The molecule has 0 amide bonds. The Bertz CT molecular complexity index is 3440. The first-order valence-corrected chi connectivity index (χ1v) is 23.5. The van der Waals surface area contributed by atoms with E-state index in [0.717, 1.165) is 0 Å². The van der Waals surface area contributed by atoms with Crippen LogP contribution < -0.4 is 0 Å². The Morgan fingerprint density at radius 3 is 1.05 bits per heavy atom. The second-order valence-corrected chi connectivity index (χ2v) is 20.5. The minimum atomic E-state index is 1.26. The van der Waals surface area contributed by atoms with Crippen molar-refractivity contribution in [2.24, 2.45) is 0 Å². The molecule has 0 aliphatic rings. The summed E-state index contributed by atoms with van der Waals surface area (Å²) in [5, 5.41) is 12.8. The predicted octanol–water partition coefficient (Wildman–Crippen LogP) is 17.9. The van der Waals surface area contributed by atoms with Crippen LogP contribution in [-0.2, 0) is 0 Å². The molecule has 0 aliphatic heterocycles. The van der Waals surface area contributed by atoms with Crippen LogP contribution in [0.5, 0.6) is 0 Å². The zero-order chi connectivity index (χ0) is 36.5. The largest absolute Gasteiger partial charge is 0.143 e. The molecule has 0 nitrogen and oxygen atoms in total. The zero-order valence-corrected chi connectivity index (χ0v) is 34.4. The van der Waals surface area contributed by atoms with Crippen LogP contribution in [0.25, 0.3) is 124 Å². The Hall–Kier alpha value is -5.18. The van der Waals surface area contributed by atoms with Crippen molar-refractivity contribution in [3.8, 4) is 44.5 Å². The third-order valence-corrected chi connectivity index (χ3v) is 18.2. The van der Waals surface area contributed by atoms with E-state index in [1.807, 2.05) is 68.0 Å². The zero-order valence-electron chi connectivity index (χ0n) is 29.5. The molecule has 0 aliphatic carbocycles. The molecule has 0 saturated carbocycles. The van der Waals surface area contributed by atoms with E-state index < -0.39 is 0 Å². The van der Waals surface area contributed by atoms with Crippen molar-refractivity contribution >= 4 is 147 Å². The highest BCUT2D eigenvalue weighted by atomic mass is 32.1. The SMILES string of the molecule is c1ccc2c(-c3ccc(-c4ccc5c(c4)sc4c6cc7sc8c9ccc(-c%10ccc(-c%11csc%12ccccc%11%12)cc%10)cc9sc8c7cc6sc54)cc3)csc2c1. The first-order chi connectivity index (χ1) is 27.7. The first-order valence-electron chi connectivity index (χ1n) is 18.5. The molecular formula is C50H26S6. The van der Waals surface area contributed by atoms with Crippen LogP contribution in [0.15, 0.2) is 156 Å². The van der Waals surface area contributed by atoms with Crippen molar-refractivity contribution in [2.75, 3.05) is 0 Å². The maximum atomic E-state index is 2.47. The third-order valence-electron chi connectivity index (χ3n) is 11.3. The summed E-state index contributed by atoms with van der Waals surface area (Å²) in [6.07, 6.45) is 0. The lowest BCUT2D eigenvalue weighted by Gasteiger charge is -2.05. The number of thiophene rings is 6. The van der Waals surface area contributed by atoms with E-state index in [-0.39, 0.29) is 0 Å². The fourth-order valence-electron chi connectivity index (χ4n) is 8.45.